The summed E-state index contributed by atoms with van der Waals surface area (Å²) in [6, 6.07) is 5.87. The van der Waals surface area contributed by atoms with Crippen LogP contribution in [0.15, 0.2) is 24.3 Å². The minimum atomic E-state index is -3.71. The summed E-state index contributed by atoms with van der Waals surface area (Å²) in [7, 11) is -2.34. The van der Waals surface area contributed by atoms with Crippen LogP contribution in [0.1, 0.15) is 17.3 Å². The lowest BCUT2D eigenvalue weighted by molar-refractivity contribution is -0.114. The molecule has 1 rings (SSSR count). The van der Waals surface area contributed by atoms with Gasteiger partial charge in [0.25, 0.3) is 5.91 Å². The molecule has 110 valence electrons. The van der Waals surface area contributed by atoms with Crippen LogP contribution >= 0.6 is 0 Å². The molecule has 1 aromatic rings. The number of hydrogen-bond donors (Lipinski definition) is 2. The number of sulfonamides is 1. The monoisotopic (exact) mass is 300 g/mol. The molecule has 0 aliphatic heterocycles. The summed E-state index contributed by atoms with van der Waals surface area (Å²) in [5, 5.41) is 2.54. The number of carbonyl (C=O) groups is 2. The lowest BCUT2D eigenvalue weighted by atomic mass is 10.2. The summed E-state index contributed by atoms with van der Waals surface area (Å²) in [6.07, 6.45) is 0. The van der Waals surface area contributed by atoms with E-state index in [1.54, 1.807) is 0 Å². The molecule has 8 heteroatoms. The van der Waals surface area contributed by atoms with Gasteiger partial charge in [-0.05, 0) is 24.3 Å². The van der Waals surface area contributed by atoms with E-state index in [9.17, 15) is 18.0 Å². The second kappa shape index (κ2) is 7.01. The Kier molecular flexibility index (Phi) is 5.66. The Morgan fingerprint density at radius 2 is 1.80 bits per heavy atom. The van der Waals surface area contributed by atoms with E-state index >= 15 is 0 Å². The van der Waals surface area contributed by atoms with Crippen molar-refractivity contribution in [3.8, 4) is 0 Å². The molecule has 0 aliphatic carbocycles. The van der Waals surface area contributed by atoms with E-state index in [2.05, 4.69) is 10.1 Å². The molecule has 20 heavy (non-hydrogen) atoms. The average molecular weight is 300 g/mol. The third-order valence-corrected chi connectivity index (χ3v) is 3.47. The maximum absolute atomic E-state index is 11.7. The molecule has 0 unspecified atom stereocenters. The molecule has 2 N–H and O–H groups in total. The highest BCUT2D eigenvalue weighted by Crippen LogP contribution is 2.09. The SMILES string of the molecule is COCCS(=O)(=O)NC(=O)c1ccc(NC(C)=O)cc1. The molecule has 0 atom stereocenters. The Morgan fingerprint density at radius 3 is 2.30 bits per heavy atom. The standard InChI is InChI=1S/C12H16N2O5S/c1-9(15)13-11-5-3-10(4-6-11)12(16)14-20(17,18)8-7-19-2/h3-6H,7-8H2,1-2H3,(H,13,15)(H,14,16). The molecule has 0 saturated heterocycles. The van der Waals surface area contributed by atoms with Crippen LogP contribution in [0, 0.1) is 0 Å². The summed E-state index contributed by atoms with van der Waals surface area (Å²) in [6.45, 7) is 1.37. The maximum Gasteiger partial charge on any atom is 0.264 e. The molecular weight excluding hydrogens is 284 g/mol. The molecule has 0 aromatic heterocycles. The van der Waals surface area contributed by atoms with Gasteiger partial charge in [0.15, 0.2) is 0 Å². The highest BCUT2D eigenvalue weighted by Gasteiger charge is 2.15. The topological polar surface area (TPSA) is 102 Å². The maximum atomic E-state index is 11.7. The summed E-state index contributed by atoms with van der Waals surface area (Å²) in [4.78, 5) is 22.6. The zero-order valence-electron chi connectivity index (χ0n) is 11.2. The van der Waals surface area contributed by atoms with Crippen molar-refractivity contribution in [3.05, 3.63) is 29.8 Å². The third kappa shape index (κ3) is 5.37. The van der Waals surface area contributed by atoms with Crippen molar-refractivity contribution in [1.82, 2.24) is 4.72 Å². The fourth-order valence-corrected chi connectivity index (χ4v) is 2.24. The summed E-state index contributed by atoms with van der Waals surface area (Å²) >= 11 is 0. The van der Waals surface area contributed by atoms with Crippen LogP contribution in [-0.4, -0.2) is 39.7 Å². The van der Waals surface area contributed by atoms with E-state index in [1.807, 2.05) is 4.72 Å². The van der Waals surface area contributed by atoms with Gasteiger partial charge in [0.2, 0.25) is 15.9 Å². The van der Waals surface area contributed by atoms with E-state index in [1.165, 1.54) is 38.3 Å². The molecule has 0 aliphatic rings. The Hall–Kier alpha value is -1.93. The minimum Gasteiger partial charge on any atom is -0.384 e. The summed E-state index contributed by atoms with van der Waals surface area (Å²) in [5.41, 5.74) is 0.705. The number of nitrogens with one attached hydrogen (secondary N) is 2. The van der Waals surface area contributed by atoms with Crippen LogP contribution in [0.25, 0.3) is 0 Å². The Labute approximate surface area is 117 Å². The van der Waals surface area contributed by atoms with Crippen molar-refractivity contribution >= 4 is 27.5 Å². The summed E-state index contributed by atoms with van der Waals surface area (Å²) < 4.78 is 29.6. The first-order chi connectivity index (χ1) is 9.34. The first-order valence-corrected chi connectivity index (χ1v) is 7.40. The quantitative estimate of drug-likeness (QED) is 0.789. The number of carbonyl (C=O) groups excluding carboxylic acids is 2. The first-order valence-electron chi connectivity index (χ1n) is 5.75. The number of amides is 2. The lowest BCUT2D eigenvalue weighted by Crippen LogP contribution is -2.33. The minimum absolute atomic E-state index is 0.00405. The Morgan fingerprint density at radius 1 is 1.20 bits per heavy atom. The highest BCUT2D eigenvalue weighted by molar-refractivity contribution is 7.90. The smallest absolute Gasteiger partial charge is 0.264 e. The van der Waals surface area contributed by atoms with Gasteiger partial charge in [-0.2, -0.15) is 0 Å². The normalized spacial score (nSPS) is 10.9. The van der Waals surface area contributed by atoms with Crippen LogP contribution in [-0.2, 0) is 19.6 Å². The predicted molar refractivity (Wildman–Crippen MR) is 73.9 cm³/mol. The van der Waals surface area contributed by atoms with Gasteiger partial charge in [0.05, 0.1) is 12.4 Å². The third-order valence-electron chi connectivity index (χ3n) is 2.27. The zero-order valence-corrected chi connectivity index (χ0v) is 12.0. The van der Waals surface area contributed by atoms with E-state index in [0.717, 1.165) is 0 Å². The average Bonchev–Trinajstić information content (AvgIpc) is 2.36. The Bertz CT molecular complexity index is 580. The van der Waals surface area contributed by atoms with E-state index in [4.69, 9.17) is 0 Å². The summed E-state index contributed by atoms with van der Waals surface area (Å²) in [5.74, 6) is -1.25. The van der Waals surface area contributed by atoms with E-state index < -0.39 is 15.9 Å². The van der Waals surface area contributed by atoms with E-state index in [0.29, 0.717) is 5.69 Å². The van der Waals surface area contributed by atoms with Gasteiger partial charge in [0, 0.05) is 25.3 Å². The first kappa shape index (κ1) is 16.1. The number of rotatable bonds is 6. The van der Waals surface area contributed by atoms with Gasteiger partial charge in [-0.15, -0.1) is 0 Å². The van der Waals surface area contributed by atoms with Crippen LogP contribution < -0.4 is 10.0 Å². The van der Waals surface area contributed by atoms with Gasteiger partial charge >= 0.3 is 0 Å². The molecule has 7 nitrogen and oxygen atoms in total. The largest absolute Gasteiger partial charge is 0.384 e. The predicted octanol–water partition coefficient (Wildman–Crippen LogP) is 0.351. The number of benzene rings is 1. The van der Waals surface area contributed by atoms with Gasteiger partial charge in [0.1, 0.15) is 0 Å². The van der Waals surface area contributed by atoms with E-state index in [-0.39, 0.29) is 23.8 Å². The highest BCUT2D eigenvalue weighted by atomic mass is 32.2. The lowest BCUT2D eigenvalue weighted by Gasteiger charge is -2.07. The van der Waals surface area contributed by atoms with Crippen LogP contribution in [0.4, 0.5) is 5.69 Å². The van der Waals surface area contributed by atoms with Gasteiger partial charge in [-0.25, -0.2) is 13.1 Å². The molecule has 1 aromatic carbocycles. The van der Waals surface area contributed by atoms with Crippen molar-refractivity contribution in [2.45, 2.75) is 6.92 Å². The number of methoxy groups -OCH3 is 1. The van der Waals surface area contributed by atoms with Crippen molar-refractivity contribution in [2.24, 2.45) is 0 Å². The molecule has 2 amide bonds. The molecule has 0 radical (unpaired) electrons. The Balaban J connectivity index is 2.71. The second-order valence-electron chi connectivity index (χ2n) is 4.00. The molecule has 0 heterocycles. The molecule has 0 bridgehead atoms. The molecule has 0 saturated carbocycles. The van der Waals surface area contributed by atoms with Crippen LogP contribution in [0.2, 0.25) is 0 Å². The van der Waals surface area contributed by atoms with Gasteiger partial charge in [-0.3, -0.25) is 9.59 Å². The van der Waals surface area contributed by atoms with Gasteiger partial charge < -0.3 is 10.1 Å². The molecular formula is C12H16N2O5S. The molecule has 0 fully saturated rings. The van der Waals surface area contributed by atoms with Crippen molar-refractivity contribution in [1.29, 1.82) is 0 Å². The molecule has 0 spiro atoms. The van der Waals surface area contributed by atoms with Gasteiger partial charge in [-0.1, -0.05) is 0 Å². The number of anilines is 1. The fraction of sp³-hybridized carbons (Fsp3) is 0.333. The second-order valence-corrected chi connectivity index (χ2v) is 5.84. The van der Waals surface area contributed by atoms with Crippen LogP contribution in [0.5, 0.6) is 0 Å². The fourth-order valence-electron chi connectivity index (χ4n) is 1.35. The number of hydrogen-bond acceptors (Lipinski definition) is 5. The van der Waals surface area contributed by atoms with Crippen molar-refractivity contribution in [2.75, 3.05) is 24.8 Å². The van der Waals surface area contributed by atoms with Crippen molar-refractivity contribution in [3.63, 3.8) is 0 Å². The zero-order chi connectivity index (χ0) is 15.2. The van der Waals surface area contributed by atoms with Crippen molar-refractivity contribution < 1.29 is 22.7 Å². The van der Waals surface area contributed by atoms with Crippen LogP contribution in [0.3, 0.4) is 0 Å². The number of ether oxygens (including phenoxy) is 1.